The monoisotopic (exact) mass is 291 g/mol. The van der Waals surface area contributed by atoms with E-state index in [1.807, 2.05) is 12.1 Å². The van der Waals surface area contributed by atoms with Crippen molar-refractivity contribution in [3.63, 3.8) is 0 Å². The third-order valence-electron chi connectivity index (χ3n) is 3.77. The minimum Gasteiger partial charge on any atom is -0.381 e. The van der Waals surface area contributed by atoms with Crippen molar-refractivity contribution in [2.45, 2.75) is 31.5 Å². The number of rotatable bonds is 4. The van der Waals surface area contributed by atoms with E-state index in [4.69, 9.17) is 0 Å². The van der Waals surface area contributed by atoms with E-state index in [2.05, 4.69) is 17.4 Å². The molecule has 0 bridgehead atoms. The number of alkyl halides is 3. The maximum absolute atomic E-state index is 12.5. The Hall–Kier alpha value is -1.97. The Labute approximate surface area is 121 Å². The molecule has 21 heavy (non-hydrogen) atoms. The second kappa shape index (κ2) is 5.43. The van der Waals surface area contributed by atoms with Crippen LogP contribution in [-0.4, -0.2) is 0 Å². The first kappa shape index (κ1) is 14.0. The lowest BCUT2D eigenvalue weighted by atomic mass is 10.0. The zero-order chi connectivity index (χ0) is 14.9. The van der Waals surface area contributed by atoms with Crippen LogP contribution in [0.2, 0.25) is 0 Å². The molecule has 0 unspecified atom stereocenters. The summed E-state index contributed by atoms with van der Waals surface area (Å²) in [5, 5.41) is 3.20. The standard InChI is InChI=1S/C17H16F3N/c18-17(19,20)14-7-9-15(10-8-14)21-11-13-3-1-2-4-16(13)12-5-6-12/h1-4,7-10,12,21H,5-6,11H2. The van der Waals surface area contributed by atoms with Gasteiger partial charge in [-0.05, 0) is 54.2 Å². The van der Waals surface area contributed by atoms with Crippen LogP contribution in [0.1, 0.15) is 35.4 Å². The molecule has 1 N–H and O–H groups in total. The third kappa shape index (κ3) is 3.38. The fourth-order valence-electron chi connectivity index (χ4n) is 2.46. The molecule has 110 valence electrons. The highest BCUT2D eigenvalue weighted by Gasteiger charge is 2.30. The molecule has 1 nitrogen and oxygen atoms in total. The molecule has 0 aromatic heterocycles. The van der Waals surface area contributed by atoms with Gasteiger partial charge in [-0.15, -0.1) is 0 Å². The third-order valence-corrected chi connectivity index (χ3v) is 3.77. The first-order chi connectivity index (χ1) is 10.0. The van der Waals surface area contributed by atoms with Gasteiger partial charge in [-0.2, -0.15) is 13.2 Å². The Morgan fingerprint density at radius 2 is 1.62 bits per heavy atom. The van der Waals surface area contributed by atoms with Crippen LogP contribution in [0.5, 0.6) is 0 Å². The summed E-state index contributed by atoms with van der Waals surface area (Å²) in [5.41, 5.74) is 2.66. The summed E-state index contributed by atoms with van der Waals surface area (Å²) in [6.07, 6.45) is -1.81. The Morgan fingerprint density at radius 1 is 0.952 bits per heavy atom. The molecule has 1 aliphatic rings. The Balaban J connectivity index is 1.68. The molecule has 1 saturated carbocycles. The highest BCUT2D eigenvalue weighted by molar-refractivity contribution is 5.46. The number of hydrogen-bond donors (Lipinski definition) is 1. The SMILES string of the molecule is FC(F)(F)c1ccc(NCc2ccccc2C2CC2)cc1. The van der Waals surface area contributed by atoms with Gasteiger partial charge >= 0.3 is 6.18 Å². The van der Waals surface area contributed by atoms with Gasteiger partial charge in [0.1, 0.15) is 0 Å². The number of nitrogens with one attached hydrogen (secondary N) is 1. The van der Waals surface area contributed by atoms with E-state index < -0.39 is 11.7 Å². The van der Waals surface area contributed by atoms with Crippen molar-refractivity contribution in [1.29, 1.82) is 0 Å². The summed E-state index contributed by atoms with van der Waals surface area (Å²) in [5.74, 6) is 0.663. The summed E-state index contributed by atoms with van der Waals surface area (Å²) in [6.45, 7) is 0.637. The van der Waals surface area contributed by atoms with Gasteiger partial charge in [-0.1, -0.05) is 24.3 Å². The molecule has 0 saturated heterocycles. The second-order valence-electron chi connectivity index (χ2n) is 5.40. The Kier molecular flexibility index (Phi) is 3.62. The molecule has 4 heteroatoms. The van der Waals surface area contributed by atoms with Crippen molar-refractivity contribution in [2.24, 2.45) is 0 Å². The predicted octanol–water partition coefficient (Wildman–Crippen LogP) is 5.19. The van der Waals surface area contributed by atoms with Gasteiger partial charge in [0, 0.05) is 12.2 Å². The maximum atomic E-state index is 12.5. The smallest absolute Gasteiger partial charge is 0.381 e. The lowest BCUT2D eigenvalue weighted by Gasteiger charge is -2.12. The molecule has 0 atom stereocenters. The van der Waals surface area contributed by atoms with Crippen LogP contribution < -0.4 is 5.32 Å². The molecule has 0 aliphatic heterocycles. The van der Waals surface area contributed by atoms with Crippen molar-refractivity contribution in [2.75, 3.05) is 5.32 Å². The Morgan fingerprint density at radius 3 is 2.24 bits per heavy atom. The largest absolute Gasteiger partial charge is 0.416 e. The van der Waals surface area contributed by atoms with Crippen LogP contribution in [0.15, 0.2) is 48.5 Å². The van der Waals surface area contributed by atoms with Crippen molar-refractivity contribution in [3.05, 3.63) is 65.2 Å². The van der Waals surface area contributed by atoms with Crippen molar-refractivity contribution < 1.29 is 13.2 Å². The quantitative estimate of drug-likeness (QED) is 0.817. The van der Waals surface area contributed by atoms with Crippen molar-refractivity contribution in [1.82, 2.24) is 0 Å². The van der Waals surface area contributed by atoms with E-state index in [9.17, 15) is 13.2 Å². The topological polar surface area (TPSA) is 12.0 Å². The normalized spacial score (nSPS) is 15.0. The highest BCUT2D eigenvalue weighted by Crippen LogP contribution is 2.41. The molecule has 2 aromatic rings. The molecular weight excluding hydrogens is 275 g/mol. The van der Waals surface area contributed by atoms with Gasteiger partial charge in [-0.3, -0.25) is 0 Å². The molecule has 3 rings (SSSR count). The zero-order valence-corrected chi connectivity index (χ0v) is 11.5. The number of anilines is 1. The summed E-state index contributed by atoms with van der Waals surface area (Å²) in [4.78, 5) is 0. The number of benzene rings is 2. The fourth-order valence-corrected chi connectivity index (χ4v) is 2.46. The molecule has 0 amide bonds. The fraction of sp³-hybridized carbons (Fsp3) is 0.294. The van der Waals surface area contributed by atoms with E-state index in [0.717, 1.165) is 12.1 Å². The van der Waals surface area contributed by atoms with Gasteiger partial charge in [0.25, 0.3) is 0 Å². The van der Waals surface area contributed by atoms with Crippen LogP contribution in [0.3, 0.4) is 0 Å². The van der Waals surface area contributed by atoms with E-state index in [-0.39, 0.29) is 0 Å². The van der Waals surface area contributed by atoms with Crippen LogP contribution >= 0.6 is 0 Å². The first-order valence-electron chi connectivity index (χ1n) is 7.03. The molecule has 0 radical (unpaired) electrons. The minimum atomic E-state index is -4.28. The average molecular weight is 291 g/mol. The average Bonchev–Trinajstić information content (AvgIpc) is 3.29. The molecule has 1 aliphatic carbocycles. The van der Waals surface area contributed by atoms with Gasteiger partial charge in [0.15, 0.2) is 0 Å². The molecule has 1 fully saturated rings. The Bertz CT molecular complexity index is 613. The van der Waals surface area contributed by atoms with Crippen LogP contribution in [0.4, 0.5) is 18.9 Å². The highest BCUT2D eigenvalue weighted by atomic mass is 19.4. The molecule has 0 heterocycles. The summed E-state index contributed by atoms with van der Waals surface area (Å²) < 4.78 is 37.5. The second-order valence-corrected chi connectivity index (χ2v) is 5.40. The van der Waals surface area contributed by atoms with Crippen LogP contribution in [-0.2, 0) is 12.7 Å². The van der Waals surface area contributed by atoms with E-state index in [1.54, 1.807) is 0 Å². The predicted molar refractivity (Wildman–Crippen MR) is 77.2 cm³/mol. The summed E-state index contributed by atoms with van der Waals surface area (Å²) in [6, 6.07) is 13.4. The lowest BCUT2D eigenvalue weighted by molar-refractivity contribution is -0.137. The first-order valence-corrected chi connectivity index (χ1v) is 7.03. The van der Waals surface area contributed by atoms with E-state index >= 15 is 0 Å². The molecule has 0 spiro atoms. The molecular formula is C17H16F3N. The number of hydrogen-bond acceptors (Lipinski definition) is 1. The van der Waals surface area contributed by atoms with Gasteiger partial charge in [0.05, 0.1) is 5.56 Å². The summed E-state index contributed by atoms with van der Waals surface area (Å²) in [7, 11) is 0. The van der Waals surface area contributed by atoms with Crippen molar-refractivity contribution in [3.8, 4) is 0 Å². The number of halogens is 3. The maximum Gasteiger partial charge on any atom is 0.416 e. The molecule has 2 aromatic carbocycles. The summed E-state index contributed by atoms with van der Waals surface area (Å²) >= 11 is 0. The van der Waals surface area contributed by atoms with Crippen molar-refractivity contribution >= 4 is 5.69 Å². The lowest BCUT2D eigenvalue weighted by Crippen LogP contribution is -2.06. The minimum absolute atomic E-state index is 0.619. The van der Waals surface area contributed by atoms with E-state index in [1.165, 1.54) is 36.1 Å². The van der Waals surface area contributed by atoms with Gasteiger partial charge in [-0.25, -0.2) is 0 Å². The van der Waals surface area contributed by atoms with Gasteiger partial charge < -0.3 is 5.32 Å². The zero-order valence-electron chi connectivity index (χ0n) is 11.5. The van der Waals surface area contributed by atoms with Gasteiger partial charge in [0.2, 0.25) is 0 Å². The van der Waals surface area contributed by atoms with E-state index in [0.29, 0.717) is 18.2 Å². The van der Waals surface area contributed by atoms with Crippen LogP contribution in [0, 0.1) is 0 Å². The van der Waals surface area contributed by atoms with Crippen LogP contribution in [0.25, 0.3) is 0 Å².